The first-order chi connectivity index (χ1) is 8.72. The van der Waals surface area contributed by atoms with Gasteiger partial charge in [-0.2, -0.15) is 0 Å². The summed E-state index contributed by atoms with van der Waals surface area (Å²) in [6.45, 7) is 3.13. The highest BCUT2D eigenvalue weighted by Gasteiger charge is 2.28. The van der Waals surface area contributed by atoms with Gasteiger partial charge in [-0.15, -0.1) is 0 Å². The number of likely N-dealkylation sites (N-methyl/N-ethyl adjacent to an activating group) is 1. The van der Waals surface area contributed by atoms with Gasteiger partial charge in [0.2, 0.25) is 5.91 Å². The van der Waals surface area contributed by atoms with Crippen LogP contribution in [-0.4, -0.2) is 30.5 Å². The van der Waals surface area contributed by atoms with Gasteiger partial charge in [0.1, 0.15) is 5.82 Å². The van der Waals surface area contributed by atoms with Crippen molar-refractivity contribution in [2.24, 2.45) is 5.92 Å². The third kappa shape index (κ3) is 2.88. The standard InChI is InChI=1S/C14H21N3O/c1-3-11-7-9-15-12(10-11)14(18)17(2)13-6-4-5-8-16-13/h4-6,8,11-12,15H,3,7,9-10H2,1-2H3. The molecule has 1 aliphatic heterocycles. The van der Waals surface area contributed by atoms with Crippen LogP contribution in [0.3, 0.4) is 0 Å². The minimum Gasteiger partial charge on any atom is -0.306 e. The van der Waals surface area contributed by atoms with Crippen LogP contribution in [0.2, 0.25) is 0 Å². The minimum absolute atomic E-state index is 0.0595. The highest BCUT2D eigenvalue weighted by atomic mass is 16.2. The van der Waals surface area contributed by atoms with Crippen LogP contribution >= 0.6 is 0 Å². The van der Waals surface area contributed by atoms with Crippen LogP contribution in [0.25, 0.3) is 0 Å². The summed E-state index contributed by atoms with van der Waals surface area (Å²) in [5.74, 6) is 1.49. The van der Waals surface area contributed by atoms with Gasteiger partial charge in [-0.1, -0.05) is 19.4 Å². The predicted octanol–water partition coefficient (Wildman–Crippen LogP) is 1.82. The van der Waals surface area contributed by atoms with Crippen molar-refractivity contribution in [1.29, 1.82) is 0 Å². The molecule has 2 atom stereocenters. The average molecular weight is 247 g/mol. The molecule has 0 radical (unpaired) electrons. The number of hydrogen-bond acceptors (Lipinski definition) is 3. The number of anilines is 1. The van der Waals surface area contributed by atoms with Crippen LogP contribution in [0.1, 0.15) is 26.2 Å². The van der Waals surface area contributed by atoms with E-state index < -0.39 is 0 Å². The van der Waals surface area contributed by atoms with Gasteiger partial charge in [0, 0.05) is 13.2 Å². The van der Waals surface area contributed by atoms with Gasteiger partial charge in [0.25, 0.3) is 0 Å². The van der Waals surface area contributed by atoms with E-state index in [1.165, 1.54) is 6.42 Å². The summed E-state index contributed by atoms with van der Waals surface area (Å²) < 4.78 is 0. The molecule has 98 valence electrons. The van der Waals surface area contributed by atoms with E-state index in [4.69, 9.17) is 0 Å². The van der Waals surface area contributed by atoms with Crippen LogP contribution in [0.15, 0.2) is 24.4 Å². The molecule has 1 aliphatic rings. The molecule has 0 saturated carbocycles. The molecule has 4 nitrogen and oxygen atoms in total. The van der Waals surface area contributed by atoms with E-state index in [9.17, 15) is 4.79 Å². The Morgan fingerprint density at radius 2 is 2.39 bits per heavy atom. The number of rotatable bonds is 3. The molecule has 4 heteroatoms. The zero-order valence-corrected chi connectivity index (χ0v) is 11.1. The Morgan fingerprint density at radius 1 is 1.56 bits per heavy atom. The number of piperidine rings is 1. The van der Waals surface area contributed by atoms with E-state index in [2.05, 4.69) is 17.2 Å². The normalized spacial score (nSPS) is 23.7. The summed E-state index contributed by atoms with van der Waals surface area (Å²) in [6, 6.07) is 5.55. The molecular weight excluding hydrogens is 226 g/mol. The lowest BCUT2D eigenvalue weighted by atomic mass is 9.90. The Morgan fingerprint density at radius 3 is 3.06 bits per heavy atom. The largest absolute Gasteiger partial charge is 0.306 e. The fourth-order valence-electron chi connectivity index (χ4n) is 2.45. The summed E-state index contributed by atoms with van der Waals surface area (Å²) in [5.41, 5.74) is 0. The highest BCUT2D eigenvalue weighted by molar-refractivity contribution is 5.95. The van der Waals surface area contributed by atoms with Gasteiger partial charge >= 0.3 is 0 Å². The smallest absolute Gasteiger partial charge is 0.245 e. The van der Waals surface area contributed by atoms with Gasteiger partial charge in [-0.25, -0.2) is 4.98 Å². The second-order valence-corrected chi connectivity index (χ2v) is 4.89. The van der Waals surface area contributed by atoms with E-state index in [1.807, 2.05) is 18.2 Å². The number of carbonyl (C=O) groups excluding carboxylic acids is 1. The summed E-state index contributed by atoms with van der Waals surface area (Å²) in [6.07, 6.45) is 4.97. The van der Waals surface area contributed by atoms with Crippen molar-refractivity contribution >= 4 is 11.7 Å². The molecular formula is C14H21N3O. The molecule has 1 saturated heterocycles. The van der Waals surface area contributed by atoms with Crippen molar-refractivity contribution in [2.45, 2.75) is 32.2 Å². The summed E-state index contributed by atoms with van der Waals surface area (Å²) in [7, 11) is 1.79. The molecule has 0 aromatic carbocycles. The maximum atomic E-state index is 12.4. The molecule has 2 unspecified atom stereocenters. The van der Waals surface area contributed by atoms with Crippen LogP contribution in [-0.2, 0) is 4.79 Å². The van der Waals surface area contributed by atoms with Gasteiger partial charge in [-0.3, -0.25) is 9.69 Å². The van der Waals surface area contributed by atoms with Crippen LogP contribution < -0.4 is 10.2 Å². The molecule has 1 aromatic heterocycles. The minimum atomic E-state index is -0.0595. The maximum absolute atomic E-state index is 12.4. The van der Waals surface area contributed by atoms with Crippen LogP contribution in [0.4, 0.5) is 5.82 Å². The van der Waals surface area contributed by atoms with Gasteiger partial charge in [0.05, 0.1) is 6.04 Å². The summed E-state index contributed by atoms with van der Waals surface area (Å²) in [5, 5.41) is 3.31. The predicted molar refractivity (Wildman–Crippen MR) is 72.5 cm³/mol. The van der Waals surface area contributed by atoms with Gasteiger partial charge in [-0.05, 0) is 37.4 Å². The topological polar surface area (TPSA) is 45.2 Å². The van der Waals surface area contributed by atoms with Crippen molar-refractivity contribution in [3.63, 3.8) is 0 Å². The number of pyridine rings is 1. The van der Waals surface area contributed by atoms with Crippen LogP contribution in [0, 0.1) is 5.92 Å². The first-order valence-electron chi connectivity index (χ1n) is 6.64. The number of hydrogen-bond donors (Lipinski definition) is 1. The fraction of sp³-hybridized carbons (Fsp3) is 0.571. The molecule has 0 aliphatic carbocycles. The number of aromatic nitrogens is 1. The third-order valence-electron chi connectivity index (χ3n) is 3.71. The maximum Gasteiger partial charge on any atom is 0.245 e. The highest BCUT2D eigenvalue weighted by Crippen LogP contribution is 2.21. The molecule has 2 rings (SSSR count). The summed E-state index contributed by atoms with van der Waals surface area (Å²) >= 11 is 0. The second-order valence-electron chi connectivity index (χ2n) is 4.89. The van der Waals surface area contributed by atoms with E-state index >= 15 is 0 Å². The lowest BCUT2D eigenvalue weighted by Gasteiger charge is -2.31. The van der Waals surface area contributed by atoms with E-state index in [-0.39, 0.29) is 11.9 Å². The molecule has 1 amide bonds. The SMILES string of the molecule is CCC1CCNC(C(=O)N(C)c2ccccn2)C1. The molecule has 0 spiro atoms. The lowest BCUT2D eigenvalue weighted by molar-refractivity contribution is -0.121. The zero-order valence-electron chi connectivity index (χ0n) is 11.1. The first-order valence-corrected chi connectivity index (χ1v) is 6.64. The zero-order chi connectivity index (χ0) is 13.0. The van der Waals surface area contributed by atoms with Crippen LogP contribution in [0.5, 0.6) is 0 Å². The molecule has 2 heterocycles. The van der Waals surface area contributed by atoms with E-state index in [0.29, 0.717) is 11.7 Å². The Hall–Kier alpha value is -1.42. The van der Waals surface area contributed by atoms with Crippen molar-refractivity contribution < 1.29 is 4.79 Å². The molecule has 1 fully saturated rings. The number of amides is 1. The Labute approximate surface area is 108 Å². The Bertz CT molecular complexity index is 393. The van der Waals surface area contributed by atoms with Crippen molar-refractivity contribution in [3.8, 4) is 0 Å². The number of nitrogens with zero attached hydrogens (tertiary/aromatic N) is 2. The van der Waals surface area contributed by atoms with Crippen molar-refractivity contribution in [1.82, 2.24) is 10.3 Å². The Balaban J connectivity index is 2.02. The number of nitrogens with one attached hydrogen (secondary N) is 1. The third-order valence-corrected chi connectivity index (χ3v) is 3.71. The van der Waals surface area contributed by atoms with Gasteiger partial charge in [0.15, 0.2) is 0 Å². The Kier molecular flexibility index (Phi) is 4.31. The second kappa shape index (κ2) is 5.96. The average Bonchev–Trinajstić information content (AvgIpc) is 2.46. The molecule has 1 N–H and O–H groups in total. The van der Waals surface area contributed by atoms with Crippen molar-refractivity contribution in [3.05, 3.63) is 24.4 Å². The quantitative estimate of drug-likeness (QED) is 0.886. The monoisotopic (exact) mass is 247 g/mol. The molecule has 1 aromatic rings. The molecule has 18 heavy (non-hydrogen) atoms. The lowest BCUT2D eigenvalue weighted by Crippen LogP contribution is -2.49. The number of carbonyl (C=O) groups is 1. The fourth-order valence-corrected chi connectivity index (χ4v) is 2.45. The first kappa shape index (κ1) is 13.0. The van der Waals surface area contributed by atoms with E-state index in [0.717, 1.165) is 19.4 Å². The summed E-state index contributed by atoms with van der Waals surface area (Å²) in [4.78, 5) is 18.2. The van der Waals surface area contributed by atoms with Gasteiger partial charge < -0.3 is 5.32 Å². The van der Waals surface area contributed by atoms with E-state index in [1.54, 1.807) is 18.1 Å². The molecule has 0 bridgehead atoms. The van der Waals surface area contributed by atoms with Crippen molar-refractivity contribution in [2.75, 3.05) is 18.5 Å².